The summed E-state index contributed by atoms with van der Waals surface area (Å²) in [6.45, 7) is 2.04. The number of hydrogen-bond acceptors (Lipinski definition) is 4. The Bertz CT molecular complexity index is 512. The van der Waals surface area contributed by atoms with E-state index in [9.17, 15) is 14.9 Å². The molecule has 1 aliphatic carbocycles. The molecule has 1 aliphatic rings. The number of benzene rings is 1. The van der Waals surface area contributed by atoms with Gasteiger partial charge >= 0.3 is 0 Å². The molecule has 6 nitrogen and oxygen atoms in total. The number of carbonyl (C=O) groups excluding carboxylic acids is 1. The van der Waals surface area contributed by atoms with Crippen LogP contribution in [0.3, 0.4) is 0 Å². The molecule has 1 amide bonds. The van der Waals surface area contributed by atoms with Crippen LogP contribution in [-0.2, 0) is 0 Å². The van der Waals surface area contributed by atoms with Gasteiger partial charge in [-0.15, -0.1) is 0 Å². The number of hydrogen-bond donors (Lipinski definition) is 2. The average Bonchev–Trinajstić information content (AvgIpc) is 3.19. The minimum absolute atomic E-state index is 0.0629. The molecule has 0 aromatic heterocycles. The van der Waals surface area contributed by atoms with Crippen LogP contribution in [0, 0.1) is 23.0 Å². The zero-order chi connectivity index (χ0) is 14.0. The van der Waals surface area contributed by atoms with Gasteiger partial charge in [0.25, 0.3) is 11.6 Å². The summed E-state index contributed by atoms with van der Waals surface area (Å²) in [5.41, 5.74) is 6.43. The Morgan fingerprint density at radius 1 is 1.58 bits per heavy atom. The molecule has 1 aromatic rings. The minimum atomic E-state index is -0.539. The monoisotopic (exact) mass is 263 g/mol. The Balaban J connectivity index is 2.11. The molecule has 102 valence electrons. The number of nitrogens with two attached hydrogens (primary N) is 1. The molecule has 3 N–H and O–H groups in total. The molecular weight excluding hydrogens is 246 g/mol. The number of rotatable bonds is 5. The maximum absolute atomic E-state index is 12.1. The first-order chi connectivity index (χ1) is 9.00. The van der Waals surface area contributed by atoms with Crippen molar-refractivity contribution in [3.05, 3.63) is 39.4 Å². The predicted octanol–water partition coefficient (Wildman–Crippen LogP) is 1.37. The first-order valence-electron chi connectivity index (χ1n) is 6.28. The lowest BCUT2D eigenvalue weighted by Crippen LogP contribution is -2.38. The van der Waals surface area contributed by atoms with Crippen molar-refractivity contribution in [2.75, 3.05) is 6.54 Å². The highest BCUT2D eigenvalue weighted by Crippen LogP contribution is 2.31. The number of carbonyl (C=O) groups is 1. The lowest BCUT2D eigenvalue weighted by Gasteiger charge is -2.12. The molecule has 1 atom stereocenters. The normalized spacial score (nSPS) is 15.9. The molecule has 0 radical (unpaired) electrons. The summed E-state index contributed by atoms with van der Waals surface area (Å²) in [4.78, 5) is 22.5. The van der Waals surface area contributed by atoms with Gasteiger partial charge in [0.15, 0.2) is 0 Å². The van der Waals surface area contributed by atoms with E-state index in [0.29, 0.717) is 18.0 Å². The topological polar surface area (TPSA) is 98.3 Å². The zero-order valence-electron chi connectivity index (χ0n) is 10.8. The van der Waals surface area contributed by atoms with Gasteiger partial charge in [0.1, 0.15) is 5.56 Å². The second-order valence-corrected chi connectivity index (χ2v) is 4.94. The maximum atomic E-state index is 12.1. The molecule has 2 rings (SSSR count). The van der Waals surface area contributed by atoms with Crippen LogP contribution in [0.5, 0.6) is 0 Å². The third kappa shape index (κ3) is 3.08. The van der Waals surface area contributed by atoms with E-state index < -0.39 is 10.8 Å². The maximum Gasteiger partial charge on any atom is 0.282 e. The summed E-state index contributed by atoms with van der Waals surface area (Å²) in [5, 5.41) is 13.6. The van der Waals surface area contributed by atoms with Crippen LogP contribution in [0.25, 0.3) is 0 Å². The fraction of sp³-hybridized carbons (Fsp3) is 0.462. The summed E-state index contributed by atoms with van der Waals surface area (Å²) in [5.74, 6) is 0.0491. The van der Waals surface area contributed by atoms with Crippen LogP contribution < -0.4 is 11.1 Å². The van der Waals surface area contributed by atoms with Gasteiger partial charge in [0, 0.05) is 18.7 Å². The standard InChI is InChI=1S/C13H17N3O3/c1-8-3-2-4-11(16(18)19)12(8)13(17)15-7-10(14)9-5-6-9/h2-4,9-10H,5-7,14H2,1H3,(H,15,17). The van der Waals surface area contributed by atoms with Crippen LogP contribution in [0.4, 0.5) is 5.69 Å². The van der Waals surface area contributed by atoms with E-state index in [0.717, 1.165) is 12.8 Å². The Morgan fingerprint density at radius 2 is 2.26 bits per heavy atom. The molecule has 19 heavy (non-hydrogen) atoms. The van der Waals surface area contributed by atoms with Crippen molar-refractivity contribution in [1.29, 1.82) is 0 Å². The van der Waals surface area contributed by atoms with Crippen LogP contribution in [0.1, 0.15) is 28.8 Å². The van der Waals surface area contributed by atoms with E-state index in [1.807, 2.05) is 0 Å². The van der Waals surface area contributed by atoms with Crippen LogP contribution in [-0.4, -0.2) is 23.4 Å². The smallest absolute Gasteiger partial charge is 0.282 e. The van der Waals surface area contributed by atoms with E-state index in [-0.39, 0.29) is 17.3 Å². The van der Waals surface area contributed by atoms with E-state index in [2.05, 4.69) is 5.32 Å². The fourth-order valence-corrected chi connectivity index (χ4v) is 2.09. The number of nitro benzene ring substituents is 1. The average molecular weight is 263 g/mol. The van der Waals surface area contributed by atoms with Crippen molar-refractivity contribution in [2.24, 2.45) is 11.7 Å². The van der Waals surface area contributed by atoms with Gasteiger partial charge in [-0.05, 0) is 31.2 Å². The molecule has 1 aromatic carbocycles. The number of nitrogens with zero attached hydrogens (tertiary/aromatic N) is 1. The lowest BCUT2D eigenvalue weighted by molar-refractivity contribution is -0.385. The molecule has 6 heteroatoms. The third-order valence-electron chi connectivity index (χ3n) is 3.40. The fourth-order valence-electron chi connectivity index (χ4n) is 2.09. The highest BCUT2D eigenvalue weighted by atomic mass is 16.6. The summed E-state index contributed by atoms with van der Waals surface area (Å²) in [6.07, 6.45) is 2.20. The second kappa shape index (κ2) is 5.36. The largest absolute Gasteiger partial charge is 0.350 e. The van der Waals surface area contributed by atoms with Gasteiger partial charge in [-0.25, -0.2) is 0 Å². The SMILES string of the molecule is Cc1cccc([N+](=O)[O-])c1C(=O)NCC(N)C1CC1. The van der Waals surface area contributed by atoms with E-state index in [1.165, 1.54) is 6.07 Å². The van der Waals surface area contributed by atoms with Crippen molar-refractivity contribution in [1.82, 2.24) is 5.32 Å². The molecule has 0 saturated heterocycles. The van der Waals surface area contributed by atoms with Crippen molar-refractivity contribution in [3.63, 3.8) is 0 Å². The van der Waals surface area contributed by atoms with Crippen molar-refractivity contribution >= 4 is 11.6 Å². The first kappa shape index (κ1) is 13.5. The summed E-state index contributed by atoms with van der Waals surface area (Å²) in [7, 11) is 0. The van der Waals surface area contributed by atoms with Crippen LogP contribution in [0.2, 0.25) is 0 Å². The second-order valence-electron chi connectivity index (χ2n) is 4.94. The van der Waals surface area contributed by atoms with Crippen molar-refractivity contribution in [2.45, 2.75) is 25.8 Å². The molecule has 1 unspecified atom stereocenters. The summed E-state index contributed by atoms with van der Waals surface area (Å²) in [6, 6.07) is 4.53. The molecule has 0 bridgehead atoms. The Labute approximate surface area is 111 Å². The number of nitro groups is 1. The van der Waals surface area contributed by atoms with Gasteiger partial charge in [-0.2, -0.15) is 0 Å². The minimum Gasteiger partial charge on any atom is -0.350 e. The third-order valence-corrected chi connectivity index (χ3v) is 3.40. The van der Waals surface area contributed by atoms with E-state index >= 15 is 0 Å². The zero-order valence-corrected chi connectivity index (χ0v) is 10.8. The Hall–Kier alpha value is -1.95. The highest BCUT2D eigenvalue weighted by molar-refractivity contribution is 5.99. The van der Waals surface area contributed by atoms with Crippen LogP contribution >= 0.6 is 0 Å². The van der Waals surface area contributed by atoms with Gasteiger partial charge in [0.05, 0.1) is 4.92 Å². The predicted molar refractivity (Wildman–Crippen MR) is 70.9 cm³/mol. The molecule has 0 aliphatic heterocycles. The lowest BCUT2D eigenvalue weighted by atomic mass is 10.1. The molecule has 0 heterocycles. The Kier molecular flexibility index (Phi) is 3.80. The molecule has 0 spiro atoms. The Morgan fingerprint density at radius 3 is 2.84 bits per heavy atom. The molecular formula is C13H17N3O3. The van der Waals surface area contributed by atoms with Gasteiger partial charge in [-0.1, -0.05) is 12.1 Å². The summed E-state index contributed by atoms with van der Waals surface area (Å²) >= 11 is 0. The van der Waals surface area contributed by atoms with E-state index in [1.54, 1.807) is 19.1 Å². The highest BCUT2D eigenvalue weighted by Gasteiger charge is 2.29. The van der Waals surface area contributed by atoms with Crippen molar-refractivity contribution < 1.29 is 9.72 Å². The quantitative estimate of drug-likeness (QED) is 0.619. The molecule has 1 saturated carbocycles. The summed E-state index contributed by atoms with van der Waals surface area (Å²) < 4.78 is 0. The van der Waals surface area contributed by atoms with E-state index in [4.69, 9.17) is 5.73 Å². The van der Waals surface area contributed by atoms with Gasteiger partial charge < -0.3 is 11.1 Å². The number of aryl methyl sites for hydroxylation is 1. The number of amides is 1. The molecule has 1 fully saturated rings. The first-order valence-corrected chi connectivity index (χ1v) is 6.28. The van der Waals surface area contributed by atoms with Gasteiger partial charge in [-0.3, -0.25) is 14.9 Å². The van der Waals surface area contributed by atoms with Crippen LogP contribution in [0.15, 0.2) is 18.2 Å². The number of nitrogens with one attached hydrogen (secondary N) is 1. The van der Waals surface area contributed by atoms with Gasteiger partial charge in [0.2, 0.25) is 0 Å². The van der Waals surface area contributed by atoms with Crippen molar-refractivity contribution in [3.8, 4) is 0 Å².